The minimum Gasteiger partial charge on any atom is -0.459 e. The van der Waals surface area contributed by atoms with E-state index in [1.807, 2.05) is 63.4 Å². The van der Waals surface area contributed by atoms with Crippen molar-refractivity contribution in [1.29, 1.82) is 5.26 Å². The summed E-state index contributed by atoms with van der Waals surface area (Å²) in [6, 6.07) is 22.1. The van der Waals surface area contributed by atoms with Crippen LogP contribution < -0.4 is 9.47 Å². The SMILES string of the molecule is C=CCO[C@@]12Oc3ccc(Oc4ccc(SC)cc4)cc3[C@H]3[C@H](CCCCO)[C@@H](CCCCO)C=C(C(=NOC(C)(C)C)C[C@@H]1N(C)C(=O)c1ccc(C#N)cc1)[C@H]32. The fourth-order valence-corrected chi connectivity index (χ4v) is 9.20. The van der Waals surface area contributed by atoms with Crippen LogP contribution in [0.2, 0.25) is 0 Å². The fourth-order valence-electron chi connectivity index (χ4n) is 8.80. The van der Waals surface area contributed by atoms with Gasteiger partial charge in [-0.2, -0.15) is 5.26 Å². The molecule has 1 heterocycles. The Morgan fingerprint density at radius 1 is 1.03 bits per heavy atom. The van der Waals surface area contributed by atoms with E-state index in [2.05, 4.69) is 24.8 Å². The molecule has 3 aromatic carbocycles. The van der Waals surface area contributed by atoms with E-state index in [1.165, 1.54) is 0 Å². The number of amides is 1. The molecule has 3 aliphatic rings. The Morgan fingerprint density at radius 2 is 1.72 bits per heavy atom. The summed E-state index contributed by atoms with van der Waals surface area (Å²) >= 11 is 1.67. The number of carbonyl (C=O) groups is 1. The lowest BCUT2D eigenvalue weighted by Crippen LogP contribution is -2.69. The predicted molar refractivity (Wildman–Crippen MR) is 227 cm³/mol. The van der Waals surface area contributed by atoms with Gasteiger partial charge in [-0.1, -0.05) is 30.1 Å². The summed E-state index contributed by atoms with van der Waals surface area (Å²) in [5, 5.41) is 34.1. The molecule has 3 aromatic rings. The van der Waals surface area contributed by atoms with Gasteiger partial charge in [-0.15, -0.1) is 18.3 Å². The van der Waals surface area contributed by atoms with Crippen LogP contribution in [-0.4, -0.2) is 77.3 Å². The number of hydrogen-bond donors (Lipinski definition) is 2. The highest BCUT2D eigenvalue weighted by molar-refractivity contribution is 7.98. The van der Waals surface area contributed by atoms with E-state index in [4.69, 9.17) is 24.2 Å². The van der Waals surface area contributed by atoms with Gasteiger partial charge < -0.3 is 34.2 Å². The summed E-state index contributed by atoms with van der Waals surface area (Å²) in [5.41, 5.74) is 2.97. The van der Waals surface area contributed by atoms with E-state index in [9.17, 15) is 20.3 Å². The van der Waals surface area contributed by atoms with Gasteiger partial charge in [0.1, 0.15) is 28.9 Å². The van der Waals surface area contributed by atoms with Gasteiger partial charge in [0.2, 0.25) is 5.79 Å². The maximum Gasteiger partial charge on any atom is 0.254 e. The first kappa shape index (κ1) is 43.0. The summed E-state index contributed by atoms with van der Waals surface area (Å²) in [5.74, 6) is -0.0418. The van der Waals surface area contributed by atoms with Crippen molar-refractivity contribution in [2.24, 2.45) is 22.9 Å². The molecule has 0 unspecified atom stereocenters. The third-order valence-corrected chi connectivity index (χ3v) is 12.2. The zero-order valence-corrected chi connectivity index (χ0v) is 35.2. The molecule has 2 N–H and O–H groups in total. The molecule has 10 nitrogen and oxygen atoms in total. The first-order valence-corrected chi connectivity index (χ1v) is 21.5. The molecule has 6 atom stereocenters. The molecule has 1 fully saturated rings. The Bertz CT molecular complexity index is 2000. The van der Waals surface area contributed by atoms with Gasteiger partial charge in [0.15, 0.2) is 0 Å². The van der Waals surface area contributed by atoms with E-state index in [1.54, 1.807) is 54.1 Å². The number of allylic oxidation sites excluding steroid dienone is 1. The van der Waals surface area contributed by atoms with Gasteiger partial charge >= 0.3 is 0 Å². The van der Waals surface area contributed by atoms with Crippen LogP contribution in [0.25, 0.3) is 0 Å². The van der Waals surface area contributed by atoms with Crippen LogP contribution in [0.5, 0.6) is 17.2 Å². The molecular formula is C47H57N3O7S. The highest BCUT2D eigenvalue weighted by atomic mass is 32.2. The molecule has 0 aromatic heterocycles. The molecule has 1 saturated carbocycles. The van der Waals surface area contributed by atoms with E-state index < -0.39 is 23.3 Å². The number of aliphatic hydroxyl groups excluding tert-OH is 2. The van der Waals surface area contributed by atoms with E-state index in [-0.39, 0.29) is 49.9 Å². The second-order valence-electron chi connectivity index (χ2n) is 16.4. The normalized spacial score (nSPS) is 24.1. The summed E-state index contributed by atoms with van der Waals surface area (Å²) < 4.78 is 20.8. The van der Waals surface area contributed by atoms with E-state index in [0.29, 0.717) is 35.5 Å². The van der Waals surface area contributed by atoms with Crippen molar-refractivity contribution in [1.82, 2.24) is 4.90 Å². The van der Waals surface area contributed by atoms with Crippen LogP contribution >= 0.6 is 11.8 Å². The van der Waals surface area contributed by atoms with Gasteiger partial charge in [-0.25, -0.2) is 0 Å². The quantitative estimate of drug-likeness (QED) is 0.0593. The monoisotopic (exact) mass is 807 g/mol. The Kier molecular flexibility index (Phi) is 14.1. The Morgan fingerprint density at radius 3 is 2.36 bits per heavy atom. The number of unbranched alkanes of at least 4 members (excludes halogenated alkanes) is 2. The molecule has 0 spiro atoms. The summed E-state index contributed by atoms with van der Waals surface area (Å²) in [6.45, 7) is 10.3. The van der Waals surface area contributed by atoms with Crippen molar-refractivity contribution in [2.45, 2.75) is 94.0 Å². The third-order valence-electron chi connectivity index (χ3n) is 11.4. The van der Waals surface area contributed by atoms with Crippen molar-refractivity contribution in [3.8, 4) is 23.3 Å². The molecule has 1 aliphatic heterocycles. The first-order valence-electron chi connectivity index (χ1n) is 20.3. The Balaban J connectivity index is 1.57. The number of nitrogens with zero attached hydrogens (tertiary/aromatic N) is 3. The number of rotatable bonds is 17. The van der Waals surface area contributed by atoms with Gasteiger partial charge in [0.05, 0.1) is 29.9 Å². The van der Waals surface area contributed by atoms with Crippen molar-refractivity contribution < 1.29 is 34.1 Å². The Labute approximate surface area is 347 Å². The molecule has 58 heavy (non-hydrogen) atoms. The van der Waals surface area contributed by atoms with E-state index in [0.717, 1.165) is 53.2 Å². The summed E-state index contributed by atoms with van der Waals surface area (Å²) in [4.78, 5) is 23.5. The number of carbonyl (C=O) groups excluding carboxylic acids is 1. The van der Waals surface area contributed by atoms with Gasteiger partial charge in [-0.05, 0) is 137 Å². The number of aliphatic hydroxyl groups is 2. The van der Waals surface area contributed by atoms with Crippen molar-refractivity contribution in [3.05, 3.63) is 108 Å². The number of hydrogen-bond acceptors (Lipinski definition) is 10. The molecular weight excluding hydrogens is 751 g/mol. The van der Waals surface area contributed by atoms with Gasteiger partial charge in [-0.3, -0.25) is 4.79 Å². The van der Waals surface area contributed by atoms with Crippen molar-refractivity contribution >= 4 is 23.4 Å². The first-order chi connectivity index (χ1) is 28.0. The summed E-state index contributed by atoms with van der Waals surface area (Å²) in [6.07, 6.45) is 11.0. The number of fused-ring (bicyclic) bond motifs is 2. The lowest BCUT2D eigenvalue weighted by molar-refractivity contribution is -0.252. The molecule has 308 valence electrons. The van der Waals surface area contributed by atoms with Crippen LogP contribution in [0.4, 0.5) is 0 Å². The maximum atomic E-state index is 14.5. The number of nitriles is 1. The molecule has 0 radical (unpaired) electrons. The fraction of sp³-hybridized carbons (Fsp3) is 0.468. The summed E-state index contributed by atoms with van der Waals surface area (Å²) in [7, 11) is 1.77. The van der Waals surface area contributed by atoms with Crippen LogP contribution in [0.3, 0.4) is 0 Å². The van der Waals surface area contributed by atoms with Crippen molar-refractivity contribution in [2.75, 3.05) is 33.1 Å². The van der Waals surface area contributed by atoms with Crippen LogP contribution in [0, 0.1) is 29.1 Å². The number of oxime groups is 1. The maximum absolute atomic E-state index is 14.5. The number of benzene rings is 3. The molecule has 11 heteroatoms. The average molecular weight is 808 g/mol. The van der Waals surface area contributed by atoms with Gasteiger partial charge in [0, 0.05) is 48.6 Å². The van der Waals surface area contributed by atoms with Crippen LogP contribution in [-0.2, 0) is 9.57 Å². The number of thioether (sulfide) groups is 1. The Hall–Kier alpha value is -4.60. The largest absolute Gasteiger partial charge is 0.459 e. The third kappa shape index (κ3) is 9.31. The van der Waals surface area contributed by atoms with E-state index >= 15 is 0 Å². The van der Waals surface area contributed by atoms with Gasteiger partial charge in [0.25, 0.3) is 5.91 Å². The lowest BCUT2D eigenvalue weighted by Gasteiger charge is -2.59. The smallest absolute Gasteiger partial charge is 0.254 e. The molecule has 6 rings (SSSR count). The predicted octanol–water partition coefficient (Wildman–Crippen LogP) is 9.28. The minimum absolute atomic E-state index is 0.0764. The standard InChI is InChI=1S/C47H57N3O7S/c1-7-26-54-47-42(50(5)45(53)32-16-14-31(30-48)15-17-32)29-40(49-57-46(2,3)4)38-27-33(12-8-10-24-51)37(13-9-11-25-52)43(44(38)47)39-28-35(20-23-41(39)56-47)55-34-18-21-36(58-6)22-19-34/h7,14-23,27-28,33,37,42-44,51-52H,1,8-13,24-26,29H2,2-6H3/t33-,37+,42-,43+,44+,47+/m0/s1. The molecule has 1 amide bonds. The number of ether oxygens (including phenoxy) is 3. The van der Waals surface area contributed by atoms with Crippen LogP contribution in [0.1, 0.15) is 93.1 Å². The lowest BCUT2D eigenvalue weighted by atomic mass is 9.55. The highest BCUT2D eigenvalue weighted by Gasteiger charge is 2.65. The molecule has 0 saturated heterocycles. The highest BCUT2D eigenvalue weighted by Crippen LogP contribution is 2.62. The topological polar surface area (TPSA) is 134 Å². The zero-order valence-electron chi connectivity index (χ0n) is 34.4. The zero-order chi connectivity index (χ0) is 41.5. The minimum atomic E-state index is -1.38. The van der Waals surface area contributed by atoms with Crippen LogP contribution in [0.15, 0.2) is 101 Å². The average Bonchev–Trinajstić information content (AvgIpc) is 3.23. The molecule has 2 aliphatic carbocycles. The second-order valence-corrected chi connectivity index (χ2v) is 17.2. The number of likely N-dealkylation sites (N-methyl/N-ethyl adjacent to an activating group) is 1. The second kappa shape index (κ2) is 19.0. The molecule has 0 bridgehead atoms. The van der Waals surface area contributed by atoms with Crippen molar-refractivity contribution in [3.63, 3.8) is 0 Å².